The normalized spacial score (nSPS) is 18.4. The molecule has 1 heterocycles. The van der Waals surface area contributed by atoms with E-state index >= 15 is 0 Å². The quantitative estimate of drug-likeness (QED) is 0.675. The van der Waals surface area contributed by atoms with Gasteiger partial charge in [-0.2, -0.15) is 0 Å². The topological polar surface area (TPSA) is 55.4 Å². The van der Waals surface area contributed by atoms with Crippen molar-refractivity contribution in [3.63, 3.8) is 0 Å². The summed E-state index contributed by atoms with van der Waals surface area (Å²) >= 11 is 1.23. The second kappa shape index (κ2) is 5.82. The van der Waals surface area contributed by atoms with Crippen LogP contribution in [0.2, 0.25) is 0 Å². The molecule has 0 bridgehead atoms. The summed E-state index contributed by atoms with van der Waals surface area (Å²) in [5.74, 6) is -0.308. The van der Waals surface area contributed by atoms with Crippen molar-refractivity contribution >= 4 is 28.2 Å². The zero-order valence-corrected chi connectivity index (χ0v) is 11.0. The molecule has 4 nitrogen and oxygen atoms in total. The van der Waals surface area contributed by atoms with Gasteiger partial charge in [-0.3, -0.25) is 4.79 Å². The summed E-state index contributed by atoms with van der Waals surface area (Å²) in [6.45, 7) is 0. The first-order chi connectivity index (χ1) is 8.70. The van der Waals surface area contributed by atoms with Gasteiger partial charge >= 0.3 is 5.97 Å². The van der Waals surface area contributed by atoms with E-state index in [2.05, 4.69) is 16.1 Å². The molecule has 1 aliphatic rings. The number of carbonyl (C=O) groups excluding carboxylic acids is 2. The van der Waals surface area contributed by atoms with Gasteiger partial charge in [0.15, 0.2) is 0 Å². The highest BCUT2D eigenvalue weighted by Gasteiger charge is 2.19. The fraction of sp³-hybridized carbons (Fsp3) is 0.385. The number of allylic oxidation sites excluding steroid dienone is 2. The smallest absolute Gasteiger partial charge is 0.348 e. The second-order valence-electron chi connectivity index (χ2n) is 4.13. The molecule has 5 heteroatoms. The van der Waals surface area contributed by atoms with E-state index in [1.165, 1.54) is 18.4 Å². The van der Waals surface area contributed by atoms with Crippen molar-refractivity contribution < 1.29 is 14.3 Å². The number of hydrogen-bond donors (Lipinski definition) is 1. The van der Waals surface area contributed by atoms with Crippen molar-refractivity contribution in [2.75, 3.05) is 12.4 Å². The molecule has 18 heavy (non-hydrogen) atoms. The van der Waals surface area contributed by atoms with Crippen LogP contribution in [0.5, 0.6) is 0 Å². The fourth-order valence-corrected chi connectivity index (χ4v) is 2.70. The third-order valence-corrected chi connectivity index (χ3v) is 3.86. The summed E-state index contributed by atoms with van der Waals surface area (Å²) in [5.41, 5.74) is 0. The molecule has 0 fully saturated rings. The van der Waals surface area contributed by atoms with Crippen LogP contribution in [0.3, 0.4) is 0 Å². The highest BCUT2D eigenvalue weighted by molar-refractivity contribution is 7.18. The summed E-state index contributed by atoms with van der Waals surface area (Å²) in [5, 5.41) is 3.54. The molecule has 0 saturated heterocycles. The van der Waals surface area contributed by atoms with Crippen molar-refractivity contribution in [2.24, 2.45) is 5.92 Å². The molecule has 1 aromatic rings. The second-order valence-corrected chi connectivity index (χ2v) is 5.21. The van der Waals surface area contributed by atoms with Gasteiger partial charge in [0.05, 0.1) is 12.1 Å². The largest absolute Gasteiger partial charge is 0.465 e. The Bertz CT molecular complexity index is 478. The Labute approximate surface area is 110 Å². The van der Waals surface area contributed by atoms with E-state index in [1.807, 2.05) is 6.08 Å². The lowest BCUT2D eigenvalue weighted by molar-refractivity contribution is -0.120. The van der Waals surface area contributed by atoms with Gasteiger partial charge in [0.25, 0.3) is 0 Å². The lowest BCUT2D eigenvalue weighted by Crippen LogP contribution is -2.22. The predicted octanol–water partition coefficient (Wildman–Crippen LogP) is 2.83. The van der Waals surface area contributed by atoms with E-state index in [-0.39, 0.29) is 17.8 Å². The van der Waals surface area contributed by atoms with Crippen molar-refractivity contribution in [1.82, 2.24) is 0 Å². The van der Waals surface area contributed by atoms with E-state index in [1.54, 1.807) is 12.1 Å². The molecule has 0 aliphatic heterocycles. The Balaban J connectivity index is 1.96. The van der Waals surface area contributed by atoms with E-state index < -0.39 is 0 Å². The Morgan fingerprint density at radius 3 is 2.89 bits per heavy atom. The van der Waals surface area contributed by atoms with Gasteiger partial charge in [0.2, 0.25) is 5.91 Å². The van der Waals surface area contributed by atoms with Gasteiger partial charge in [0, 0.05) is 5.92 Å². The Morgan fingerprint density at radius 2 is 2.22 bits per heavy atom. The number of hydrogen-bond acceptors (Lipinski definition) is 4. The molecule has 0 radical (unpaired) electrons. The summed E-state index contributed by atoms with van der Waals surface area (Å²) in [7, 11) is 1.34. The predicted molar refractivity (Wildman–Crippen MR) is 70.8 cm³/mol. The fourth-order valence-electron chi connectivity index (χ4n) is 1.87. The van der Waals surface area contributed by atoms with Crippen LogP contribution in [-0.4, -0.2) is 19.0 Å². The summed E-state index contributed by atoms with van der Waals surface area (Å²) in [6.07, 6.45) is 6.78. The molecule has 1 N–H and O–H groups in total. The minimum absolute atomic E-state index is 0.0256. The summed E-state index contributed by atoms with van der Waals surface area (Å²) in [6, 6.07) is 3.39. The highest BCUT2D eigenvalue weighted by atomic mass is 32.1. The van der Waals surface area contributed by atoms with Gasteiger partial charge < -0.3 is 10.1 Å². The monoisotopic (exact) mass is 265 g/mol. The van der Waals surface area contributed by atoms with Crippen LogP contribution < -0.4 is 5.32 Å². The first-order valence-electron chi connectivity index (χ1n) is 5.84. The average Bonchev–Trinajstić information content (AvgIpc) is 2.87. The van der Waals surface area contributed by atoms with Crippen molar-refractivity contribution in [2.45, 2.75) is 19.3 Å². The number of amides is 1. The Kier molecular flexibility index (Phi) is 4.15. The van der Waals surface area contributed by atoms with E-state index in [0.717, 1.165) is 19.3 Å². The lowest BCUT2D eigenvalue weighted by atomic mass is 9.94. The van der Waals surface area contributed by atoms with Crippen molar-refractivity contribution in [3.8, 4) is 0 Å². The maximum absolute atomic E-state index is 12.0. The van der Waals surface area contributed by atoms with Crippen LogP contribution >= 0.6 is 11.3 Å². The van der Waals surface area contributed by atoms with Crippen LogP contribution in [0.4, 0.5) is 5.00 Å². The summed E-state index contributed by atoms with van der Waals surface area (Å²) in [4.78, 5) is 23.7. The zero-order valence-electron chi connectivity index (χ0n) is 10.1. The minimum atomic E-state index is -0.374. The molecule has 96 valence electrons. The number of thiophene rings is 1. The van der Waals surface area contributed by atoms with Crippen LogP contribution in [0.1, 0.15) is 28.9 Å². The van der Waals surface area contributed by atoms with E-state index in [0.29, 0.717) is 9.88 Å². The molecule has 0 aromatic carbocycles. The van der Waals surface area contributed by atoms with Crippen molar-refractivity contribution in [3.05, 3.63) is 29.2 Å². The number of anilines is 1. The number of methoxy groups -OCH3 is 1. The van der Waals surface area contributed by atoms with Gasteiger partial charge in [-0.05, 0) is 31.4 Å². The molecule has 0 spiro atoms. The molecular weight excluding hydrogens is 250 g/mol. The first kappa shape index (κ1) is 12.8. The maximum atomic E-state index is 12.0. The molecule has 1 unspecified atom stereocenters. The van der Waals surface area contributed by atoms with Gasteiger partial charge in [-0.15, -0.1) is 11.3 Å². The molecule has 0 saturated carbocycles. The highest BCUT2D eigenvalue weighted by Crippen LogP contribution is 2.25. The van der Waals surface area contributed by atoms with Crippen LogP contribution in [-0.2, 0) is 9.53 Å². The van der Waals surface area contributed by atoms with E-state index in [4.69, 9.17) is 0 Å². The number of esters is 1. The zero-order chi connectivity index (χ0) is 13.0. The average molecular weight is 265 g/mol. The number of carbonyl (C=O) groups is 2. The minimum Gasteiger partial charge on any atom is -0.465 e. The first-order valence-corrected chi connectivity index (χ1v) is 6.66. The van der Waals surface area contributed by atoms with Gasteiger partial charge in [0.1, 0.15) is 4.88 Å². The number of rotatable bonds is 3. The maximum Gasteiger partial charge on any atom is 0.348 e. The molecule has 1 aromatic heterocycles. The Morgan fingerprint density at radius 1 is 1.39 bits per heavy atom. The SMILES string of the molecule is COC(=O)c1ccc(NC(=O)C2CC=CCC2)s1. The molecule has 2 rings (SSSR count). The third kappa shape index (κ3) is 2.98. The standard InChI is InChI=1S/C13H15NO3S/c1-17-13(16)10-7-8-11(18-10)14-12(15)9-5-3-2-4-6-9/h2-3,7-9H,4-6H2,1H3,(H,14,15). The molecule has 1 amide bonds. The third-order valence-electron chi connectivity index (χ3n) is 2.88. The summed E-state index contributed by atoms with van der Waals surface area (Å²) < 4.78 is 4.62. The van der Waals surface area contributed by atoms with Crippen LogP contribution in [0.25, 0.3) is 0 Å². The molecule has 1 atom stereocenters. The van der Waals surface area contributed by atoms with Gasteiger partial charge in [-0.1, -0.05) is 12.2 Å². The van der Waals surface area contributed by atoms with E-state index in [9.17, 15) is 9.59 Å². The van der Waals surface area contributed by atoms with Crippen molar-refractivity contribution in [1.29, 1.82) is 0 Å². The lowest BCUT2D eigenvalue weighted by Gasteiger charge is -2.16. The number of nitrogens with one attached hydrogen (secondary N) is 1. The molecular formula is C13H15NO3S. The van der Waals surface area contributed by atoms with Gasteiger partial charge in [-0.25, -0.2) is 4.79 Å². The van der Waals surface area contributed by atoms with Crippen LogP contribution in [0, 0.1) is 5.92 Å². The number of ether oxygens (including phenoxy) is 1. The van der Waals surface area contributed by atoms with Crippen LogP contribution in [0.15, 0.2) is 24.3 Å². The Hall–Kier alpha value is -1.62. The molecule has 1 aliphatic carbocycles.